The van der Waals surface area contributed by atoms with Crippen LogP contribution in [0, 0.1) is 22.7 Å². The smallest absolute Gasteiger partial charge is 0.207 e. The first-order valence-corrected chi connectivity index (χ1v) is 7.96. The fraction of sp³-hybridized carbons (Fsp3) is 0.429. The Morgan fingerprint density at radius 2 is 1.75 bits per heavy atom. The Kier molecular flexibility index (Phi) is 4.08. The molecule has 0 unspecified atom stereocenters. The zero-order chi connectivity index (χ0) is 14.6. The molecule has 1 aliphatic rings. The molecule has 0 amide bonds. The van der Waals surface area contributed by atoms with Crippen molar-refractivity contribution >= 4 is 10.0 Å². The summed E-state index contributed by atoms with van der Waals surface area (Å²) < 4.78 is 27.4. The number of rotatable bonds is 3. The Morgan fingerprint density at radius 1 is 1.10 bits per heavy atom. The van der Waals surface area contributed by atoms with Crippen molar-refractivity contribution in [1.82, 2.24) is 4.72 Å². The average Bonchev–Trinajstić information content (AvgIpc) is 2.47. The molecule has 1 N–H and O–H groups in total. The van der Waals surface area contributed by atoms with Gasteiger partial charge in [-0.15, -0.1) is 0 Å². The quantitative estimate of drug-likeness (QED) is 0.921. The van der Waals surface area contributed by atoms with Crippen LogP contribution in [-0.4, -0.2) is 14.0 Å². The van der Waals surface area contributed by atoms with Gasteiger partial charge in [0.1, 0.15) is 11.6 Å². The maximum absolute atomic E-state index is 12.4. The molecule has 0 atom stereocenters. The van der Waals surface area contributed by atoms with E-state index in [1.165, 1.54) is 12.1 Å². The van der Waals surface area contributed by atoms with Crippen molar-refractivity contribution in [2.45, 2.75) is 42.5 Å². The van der Waals surface area contributed by atoms with Crippen molar-refractivity contribution < 1.29 is 8.42 Å². The molecule has 0 spiro atoms. The lowest BCUT2D eigenvalue weighted by atomic mass is 9.84. The Bertz CT molecular complexity index is 677. The number of nitrogens with one attached hydrogen (secondary N) is 1. The summed E-state index contributed by atoms with van der Waals surface area (Å²) in [5.41, 5.74) is -0.955. The van der Waals surface area contributed by atoms with Gasteiger partial charge in [0.2, 0.25) is 10.0 Å². The van der Waals surface area contributed by atoms with Gasteiger partial charge in [-0.25, -0.2) is 8.42 Å². The molecular formula is C14H15N3O2S. The second-order valence-corrected chi connectivity index (χ2v) is 6.62. The minimum atomic E-state index is -3.87. The summed E-state index contributed by atoms with van der Waals surface area (Å²) in [5.74, 6) is 0. The molecule has 104 valence electrons. The molecule has 1 aromatic rings. The normalized spacial score (nSPS) is 17.9. The second-order valence-electron chi connectivity index (χ2n) is 4.97. The number of hydrogen-bond acceptors (Lipinski definition) is 4. The molecule has 0 heterocycles. The second kappa shape index (κ2) is 5.62. The summed E-state index contributed by atoms with van der Waals surface area (Å²) in [4.78, 5) is -0.0669. The highest BCUT2D eigenvalue weighted by Gasteiger charge is 2.37. The lowest BCUT2D eigenvalue weighted by molar-refractivity contribution is 0.338. The van der Waals surface area contributed by atoms with E-state index in [4.69, 9.17) is 5.26 Å². The van der Waals surface area contributed by atoms with Crippen LogP contribution >= 0.6 is 0 Å². The van der Waals surface area contributed by atoms with Crippen molar-refractivity contribution in [3.63, 3.8) is 0 Å². The van der Waals surface area contributed by atoms with Crippen LogP contribution < -0.4 is 4.72 Å². The summed E-state index contributed by atoms with van der Waals surface area (Å²) >= 11 is 0. The minimum absolute atomic E-state index is 0.0669. The van der Waals surface area contributed by atoms with Gasteiger partial charge in [0.05, 0.1) is 16.5 Å². The zero-order valence-corrected chi connectivity index (χ0v) is 11.8. The molecule has 1 aromatic carbocycles. The Hall–Kier alpha value is -1.89. The van der Waals surface area contributed by atoms with E-state index in [0.29, 0.717) is 12.8 Å². The zero-order valence-electron chi connectivity index (χ0n) is 11.0. The monoisotopic (exact) mass is 289 g/mol. The number of sulfonamides is 1. The van der Waals surface area contributed by atoms with E-state index in [0.717, 1.165) is 19.3 Å². The lowest BCUT2D eigenvalue weighted by Crippen LogP contribution is -2.48. The Morgan fingerprint density at radius 3 is 2.35 bits per heavy atom. The first kappa shape index (κ1) is 14.5. The topological polar surface area (TPSA) is 93.8 Å². The van der Waals surface area contributed by atoms with Gasteiger partial charge in [0.25, 0.3) is 0 Å². The Balaban J connectivity index is 2.37. The molecule has 1 fully saturated rings. The van der Waals surface area contributed by atoms with Gasteiger partial charge in [-0.3, -0.25) is 0 Å². The van der Waals surface area contributed by atoms with Crippen molar-refractivity contribution in [1.29, 1.82) is 10.5 Å². The van der Waals surface area contributed by atoms with Gasteiger partial charge in [0, 0.05) is 0 Å². The first-order valence-electron chi connectivity index (χ1n) is 6.47. The van der Waals surface area contributed by atoms with Gasteiger partial charge >= 0.3 is 0 Å². The highest BCUT2D eigenvalue weighted by atomic mass is 32.2. The van der Waals surface area contributed by atoms with Crippen LogP contribution in [-0.2, 0) is 10.0 Å². The van der Waals surface area contributed by atoms with Crippen molar-refractivity contribution in [2.24, 2.45) is 0 Å². The van der Waals surface area contributed by atoms with Crippen LogP contribution in [0.15, 0.2) is 29.2 Å². The van der Waals surface area contributed by atoms with E-state index in [9.17, 15) is 13.7 Å². The minimum Gasteiger partial charge on any atom is -0.207 e. The standard InChI is InChI=1S/C14H15N3O2S/c15-10-12-6-2-3-7-13(12)20(18,19)17-14(11-16)8-4-1-5-9-14/h2-3,6-7,17H,1,4-5,8-9H2. The van der Waals surface area contributed by atoms with Crippen LogP contribution in [0.3, 0.4) is 0 Å². The average molecular weight is 289 g/mol. The third kappa shape index (κ3) is 2.82. The lowest BCUT2D eigenvalue weighted by Gasteiger charge is -2.31. The molecule has 6 heteroatoms. The molecule has 0 aliphatic heterocycles. The molecule has 0 saturated heterocycles. The van der Waals surface area contributed by atoms with Gasteiger partial charge in [-0.05, 0) is 25.0 Å². The molecule has 1 aliphatic carbocycles. The molecule has 0 bridgehead atoms. The summed E-state index contributed by atoms with van der Waals surface area (Å²) in [6, 6.07) is 9.99. The van der Waals surface area contributed by atoms with Gasteiger partial charge < -0.3 is 0 Å². The summed E-state index contributed by atoms with van der Waals surface area (Å²) in [6.45, 7) is 0. The molecule has 5 nitrogen and oxygen atoms in total. The van der Waals surface area contributed by atoms with E-state index < -0.39 is 15.6 Å². The maximum atomic E-state index is 12.4. The Labute approximate surface area is 118 Å². The molecule has 0 aromatic heterocycles. The summed E-state index contributed by atoms with van der Waals surface area (Å²) in [7, 11) is -3.87. The van der Waals surface area contributed by atoms with Gasteiger partial charge in [-0.2, -0.15) is 15.2 Å². The van der Waals surface area contributed by atoms with Crippen LogP contribution in [0.1, 0.15) is 37.7 Å². The maximum Gasteiger partial charge on any atom is 0.243 e. The van der Waals surface area contributed by atoms with Crippen LogP contribution in [0.25, 0.3) is 0 Å². The highest BCUT2D eigenvalue weighted by molar-refractivity contribution is 7.89. The highest BCUT2D eigenvalue weighted by Crippen LogP contribution is 2.29. The predicted molar refractivity (Wildman–Crippen MR) is 72.9 cm³/mol. The number of benzene rings is 1. The number of nitrogens with zero attached hydrogens (tertiary/aromatic N) is 2. The van der Waals surface area contributed by atoms with Gasteiger partial charge in [0.15, 0.2) is 0 Å². The molecule has 1 saturated carbocycles. The van der Waals surface area contributed by atoms with Crippen molar-refractivity contribution in [2.75, 3.05) is 0 Å². The van der Waals surface area contributed by atoms with Crippen molar-refractivity contribution in [3.05, 3.63) is 29.8 Å². The van der Waals surface area contributed by atoms with E-state index >= 15 is 0 Å². The molecule has 0 radical (unpaired) electrons. The van der Waals surface area contributed by atoms with E-state index in [-0.39, 0.29) is 10.5 Å². The molecular weight excluding hydrogens is 274 g/mol. The molecule has 20 heavy (non-hydrogen) atoms. The number of nitriles is 2. The SMILES string of the molecule is N#Cc1ccccc1S(=O)(=O)NC1(C#N)CCCCC1. The van der Waals surface area contributed by atoms with Crippen LogP contribution in [0.5, 0.6) is 0 Å². The number of hydrogen-bond donors (Lipinski definition) is 1. The largest absolute Gasteiger partial charge is 0.243 e. The molecule has 2 rings (SSSR count). The van der Waals surface area contributed by atoms with Crippen LogP contribution in [0.2, 0.25) is 0 Å². The van der Waals surface area contributed by atoms with Crippen LogP contribution in [0.4, 0.5) is 0 Å². The predicted octanol–water partition coefficient (Wildman–Crippen LogP) is 2.06. The van der Waals surface area contributed by atoms with Crippen molar-refractivity contribution in [3.8, 4) is 12.1 Å². The summed E-state index contributed by atoms with van der Waals surface area (Å²) in [6.07, 6.45) is 3.70. The fourth-order valence-electron chi connectivity index (χ4n) is 2.50. The first-order chi connectivity index (χ1) is 9.53. The summed E-state index contributed by atoms with van der Waals surface area (Å²) in [5, 5.41) is 18.3. The van der Waals surface area contributed by atoms with E-state index in [1.54, 1.807) is 12.1 Å². The third-order valence-corrected chi connectivity index (χ3v) is 5.14. The fourth-order valence-corrected chi connectivity index (χ4v) is 4.03. The van der Waals surface area contributed by atoms with Gasteiger partial charge in [-0.1, -0.05) is 31.4 Å². The third-order valence-electron chi connectivity index (χ3n) is 3.55. The van der Waals surface area contributed by atoms with E-state index in [2.05, 4.69) is 10.8 Å². The van der Waals surface area contributed by atoms with E-state index in [1.807, 2.05) is 6.07 Å².